The molecule has 0 atom stereocenters. The van der Waals surface area contributed by atoms with Gasteiger partial charge >= 0.3 is 0 Å². The molecule has 24 heavy (non-hydrogen) atoms. The molecule has 0 radical (unpaired) electrons. The van der Waals surface area contributed by atoms with Crippen LogP contribution in [0.15, 0.2) is 22.7 Å². The number of nitrogens with zero attached hydrogens (tertiary/aromatic N) is 2. The third-order valence-electron chi connectivity index (χ3n) is 3.79. The first kappa shape index (κ1) is 19.3. The van der Waals surface area contributed by atoms with E-state index in [1.807, 2.05) is 6.07 Å². The normalized spacial score (nSPS) is 14.6. The van der Waals surface area contributed by atoms with Crippen LogP contribution in [0.3, 0.4) is 0 Å². The van der Waals surface area contributed by atoms with E-state index in [1.54, 1.807) is 21.9 Å². The van der Waals surface area contributed by atoms with E-state index in [-0.39, 0.29) is 17.7 Å². The Bertz CT molecular complexity index is 593. The third-order valence-corrected chi connectivity index (χ3v) is 4.80. The van der Waals surface area contributed by atoms with Gasteiger partial charge in [0.25, 0.3) is 0 Å². The predicted octanol–water partition coefficient (Wildman–Crippen LogP) is 3.17. The standard InChI is InChI=1S/C16H19BrCl2N2O3/c17-12-3-4-14(13(19)10-12)24-9-1-2-15(22)20-5-7-21(8-6-20)16(23)11-18/h3-4,10H,1-2,5-9,11H2. The number of hydrogen-bond donors (Lipinski definition) is 0. The second-order valence-electron chi connectivity index (χ2n) is 5.42. The van der Waals surface area contributed by atoms with Crippen LogP contribution in [-0.2, 0) is 9.59 Å². The van der Waals surface area contributed by atoms with Crippen molar-refractivity contribution in [1.82, 2.24) is 9.80 Å². The van der Waals surface area contributed by atoms with E-state index < -0.39 is 0 Å². The van der Waals surface area contributed by atoms with E-state index in [1.165, 1.54) is 0 Å². The van der Waals surface area contributed by atoms with Crippen LogP contribution >= 0.6 is 39.1 Å². The molecule has 0 N–H and O–H groups in total. The fourth-order valence-electron chi connectivity index (χ4n) is 2.45. The second-order valence-corrected chi connectivity index (χ2v) is 7.01. The molecule has 1 fully saturated rings. The molecule has 0 aliphatic carbocycles. The summed E-state index contributed by atoms with van der Waals surface area (Å²) in [5, 5.41) is 0.538. The van der Waals surface area contributed by atoms with Gasteiger partial charge in [0.05, 0.1) is 11.6 Å². The highest BCUT2D eigenvalue weighted by Crippen LogP contribution is 2.27. The SMILES string of the molecule is O=C(CCl)N1CCN(C(=O)CCCOc2ccc(Br)cc2Cl)CC1. The lowest BCUT2D eigenvalue weighted by Gasteiger charge is -2.34. The zero-order valence-corrected chi connectivity index (χ0v) is 16.2. The van der Waals surface area contributed by atoms with Crippen molar-refractivity contribution >= 4 is 50.9 Å². The van der Waals surface area contributed by atoms with Crippen molar-refractivity contribution in [2.45, 2.75) is 12.8 Å². The maximum Gasteiger partial charge on any atom is 0.237 e. The monoisotopic (exact) mass is 436 g/mol. The Kier molecular flexibility index (Phi) is 7.65. The largest absolute Gasteiger partial charge is 0.492 e. The molecule has 0 spiro atoms. The van der Waals surface area contributed by atoms with Crippen molar-refractivity contribution in [2.24, 2.45) is 0 Å². The molecule has 1 saturated heterocycles. The molecule has 0 saturated carbocycles. The number of amides is 2. The summed E-state index contributed by atoms with van der Waals surface area (Å²) in [6.07, 6.45) is 1.03. The fourth-order valence-corrected chi connectivity index (χ4v) is 3.34. The van der Waals surface area contributed by atoms with Crippen LogP contribution in [0.1, 0.15) is 12.8 Å². The van der Waals surface area contributed by atoms with E-state index in [0.717, 1.165) is 4.47 Å². The Labute approximate surface area is 160 Å². The summed E-state index contributed by atoms with van der Waals surface area (Å²) in [5.74, 6) is 0.603. The van der Waals surface area contributed by atoms with Gasteiger partial charge in [0, 0.05) is 37.1 Å². The van der Waals surface area contributed by atoms with Gasteiger partial charge in [-0.2, -0.15) is 0 Å². The molecule has 1 aromatic carbocycles. The highest BCUT2D eigenvalue weighted by Gasteiger charge is 2.23. The van der Waals surface area contributed by atoms with E-state index in [0.29, 0.717) is 56.4 Å². The zero-order valence-electron chi connectivity index (χ0n) is 13.1. The van der Waals surface area contributed by atoms with Crippen LogP contribution in [0.2, 0.25) is 5.02 Å². The van der Waals surface area contributed by atoms with Gasteiger partial charge < -0.3 is 14.5 Å². The molecule has 1 aliphatic rings. The number of carbonyl (C=O) groups excluding carboxylic acids is 2. The molecule has 2 rings (SSSR count). The first-order valence-corrected chi connectivity index (χ1v) is 9.41. The van der Waals surface area contributed by atoms with Gasteiger partial charge in [-0.25, -0.2) is 0 Å². The molecule has 5 nitrogen and oxygen atoms in total. The van der Waals surface area contributed by atoms with Crippen molar-refractivity contribution in [2.75, 3.05) is 38.7 Å². The van der Waals surface area contributed by atoms with Gasteiger partial charge in [-0.05, 0) is 24.6 Å². The Balaban J connectivity index is 1.68. The van der Waals surface area contributed by atoms with Crippen LogP contribution < -0.4 is 4.74 Å². The maximum absolute atomic E-state index is 12.2. The van der Waals surface area contributed by atoms with Crippen LogP contribution in [-0.4, -0.2) is 60.3 Å². The van der Waals surface area contributed by atoms with Crippen LogP contribution in [0.25, 0.3) is 0 Å². The molecule has 0 bridgehead atoms. The fraction of sp³-hybridized carbons (Fsp3) is 0.500. The summed E-state index contributed by atoms with van der Waals surface area (Å²) in [5.41, 5.74) is 0. The lowest BCUT2D eigenvalue weighted by Crippen LogP contribution is -2.50. The first-order valence-electron chi connectivity index (χ1n) is 7.70. The van der Waals surface area contributed by atoms with Gasteiger partial charge in [-0.3, -0.25) is 9.59 Å². The molecule has 8 heteroatoms. The number of halogens is 3. The number of carbonyl (C=O) groups is 2. The average Bonchev–Trinajstić information content (AvgIpc) is 2.59. The first-order chi connectivity index (χ1) is 11.5. The topological polar surface area (TPSA) is 49.9 Å². The number of ether oxygens (including phenoxy) is 1. The zero-order chi connectivity index (χ0) is 17.5. The second kappa shape index (κ2) is 9.49. The van der Waals surface area contributed by atoms with E-state index in [4.69, 9.17) is 27.9 Å². The molecule has 2 amide bonds. The molecule has 1 heterocycles. The van der Waals surface area contributed by atoms with Crippen LogP contribution in [0.4, 0.5) is 0 Å². The van der Waals surface area contributed by atoms with Crippen molar-refractivity contribution in [1.29, 1.82) is 0 Å². The smallest absolute Gasteiger partial charge is 0.237 e. The summed E-state index contributed by atoms with van der Waals surface area (Å²) in [4.78, 5) is 27.1. The molecule has 1 aromatic rings. The van der Waals surface area contributed by atoms with Gasteiger partial charge in [0.2, 0.25) is 11.8 Å². The van der Waals surface area contributed by atoms with E-state index in [2.05, 4.69) is 15.9 Å². The minimum Gasteiger partial charge on any atom is -0.492 e. The van der Waals surface area contributed by atoms with E-state index >= 15 is 0 Å². The van der Waals surface area contributed by atoms with Crippen molar-refractivity contribution in [3.8, 4) is 5.75 Å². The number of rotatable bonds is 6. The van der Waals surface area contributed by atoms with Crippen LogP contribution in [0.5, 0.6) is 5.75 Å². The molecule has 1 aliphatic heterocycles. The Morgan fingerprint density at radius 2 is 1.75 bits per heavy atom. The minimum atomic E-state index is -0.0801. The molecule has 0 aromatic heterocycles. The average molecular weight is 438 g/mol. The lowest BCUT2D eigenvalue weighted by molar-refractivity contribution is -0.138. The quantitative estimate of drug-likeness (QED) is 0.507. The number of piperazine rings is 1. The van der Waals surface area contributed by atoms with Gasteiger partial charge in [0.1, 0.15) is 11.6 Å². The maximum atomic E-state index is 12.2. The molecule has 0 unspecified atom stereocenters. The molecular weight excluding hydrogens is 419 g/mol. The summed E-state index contributed by atoms with van der Waals surface area (Å²) < 4.78 is 6.49. The highest BCUT2D eigenvalue weighted by atomic mass is 79.9. The Hall–Kier alpha value is -0.980. The molecular formula is C16H19BrCl2N2O3. The number of benzene rings is 1. The summed E-state index contributed by atoms with van der Waals surface area (Å²) in [7, 11) is 0. The summed E-state index contributed by atoms with van der Waals surface area (Å²) in [6, 6.07) is 5.42. The predicted molar refractivity (Wildman–Crippen MR) is 97.8 cm³/mol. The van der Waals surface area contributed by atoms with Crippen molar-refractivity contribution in [3.63, 3.8) is 0 Å². The third kappa shape index (κ3) is 5.53. The summed E-state index contributed by atoms with van der Waals surface area (Å²) in [6.45, 7) is 2.63. The van der Waals surface area contributed by atoms with E-state index in [9.17, 15) is 9.59 Å². The number of hydrogen-bond acceptors (Lipinski definition) is 3. The van der Waals surface area contributed by atoms with Gasteiger partial charge in [-0.15, -0.1) is 11.6 Å². The van der Waals surface area contributed by atoms with Gasteiger partial charge in [0.15, 0.2) is 0 Å². The molecule has 132 valence electrons. The summed E-state index contributed by atoms with van der Waals surface area (Å²) >= 11 is 15.0. The van der Waals surface area contributed by atoms with Crippen LogP contribution in [0, 0.1) is 0 Å². The van der Waals surface area contributed by atoms with Gasteiger partial charge in [-0.1, -0.05) is 27.5 Å². The van der Waals surface area contributed by atoms with Crippen molar-refractivity contribution in [3.05, 3.63) is 27.7 Å². The Morgan fingerprint density at radius 3 is 2.33 bits per heavy atom. The number of alkyl halides is 1. The lowest BCUT2D eigenvalue weighted by atomic mass is 10.2. The Morgan fingerprint density at radius 1 is 1.12 bits per heavy atom. The minimum absolute atomic E-state index is 0.0100. The highest BCUT2D eigenvalue weighted by molar-refractivity contribution is 9.10. The van der Waals surface area contributed by atoms with Crippen molar-refractivity contribution < 1.29 is 14.3 Å².